The minimum Gasteiger partial charge on any atom is -0.489 e. The molecule has 0 radical (unpaired) electrons. The number of alkyl halides is 3. The molecule has 0 amide bonds. The Morgan fingerprint density at radius 1 is 1.00 bits per heavy atom. The number of carboxylic acids is 1. The van der Waals surface area contributed by atoms with Gasteiger partial charge >= 0.3 is 12.1 Å². The topological polar surface area (TPSA) is 59.0 Å². The van der Waals surface area contributed by atoms with Crippen LogP contribution in [0.3, 0.4) is 0 Å². The van der Waals surface area contributed by atoms with Crippen molar-refractivity contribution in [1.82, 2.24) is 4.90 Å². The van der Waals surface area contributed by atoms with Gasteiger partial charge < -0.3 is 14.6 Å². The van der Waals surface area contributed by atoms with Crippen LogP contribution in [0, 0.1) is 18.8 Å². The summed E-state index contributed by atoms with van der Waals surface area (Å²) in [6.45, 7) is 2.01. The molecule has 1 N–H and O–H groups in total. The summed E-state index contributed by atoms with van der Waals surface area (Å²) in [7, 11) is 3.85. The van der Waals surface area contributed by atoms with Crippen molar-refractivity contribution in [1.29, 1.82) is 0 Å². The summed E-state index contributed by atoms with van der Waals surface area (Å²) in [6.07, 6.45) is -2.74. The predicted molar refractivity (Wildman–Crippen MR) is 140 cm³/mol. The van der Waals surface area contributed by atoms with Gasteiger partial charge in [0.05, 0.1) is 12.1 Å². The van der Waals surface area contributed by atoms with E-state index in [1.54, 1.807) is 37.3 Å². The molecule has 0 atom stereocenters. The summed E-state index contributed by atoms with van der Waals surface area (Å²) < 4.78 is 51.3. The molecule has 198 valence electrons. The van der Waals surface area contributed by atoms with Gasteiger partial charge in [-0.3, -0.25) is 4.90 Å². The monoisotopic (exact) mass is 523 g/mol. The highest BCUT2D eigenvalue weighted by molar-refractivity contribution is 5.80. The van der Waals surface area contributed by atoms with E-state index in [0.29, 0.717) is 34.7 Å². The Hall–Kier alpha value is -4.22. The van der Waals surface area contributed by atoms with E-state index in [9.17, 15) is 18.0 Å². The van der Waals surface area contributed by atoms with Crippen LogP contribution < -0.4 is 9.47 Å². The first-order valence-electron chi connectivity index (χ1n) is 11.7. The maximum Gasteiger partial charge on any atom is 0.416 e. The molecule has 0 saturated carbocycles. The highest BCUT2D eigenvalue weighted by atomic mass is 19.4. The normalized spacial score (nSPS) is 11.6. The summed E-state index contributed by atoms with van der Waals surface area (Å²) in [5.74, 6) is 5.99. The standard InChI is InChI=1S/C30H28F3NO4/c1-21-18-26(13-14-28(21)38-20-29(35)36)37-17-15-27(24-7-4-8-25(19-24)30(31,32)33)23-11-9-22(10-12-23)6-5-16-34(2)3/h4,7-15,18-19H,16-17,20H2,1-3H3,(H,35,36). The molecule has 8 heteroatoms. The Balaban J connectivity index is 1.87. The Morgan fingerprint density at radius 2 is 1.74 bits per heavy atom. The molecule has 0 fully saturated rings. The van der Waals surface area contributed by atoms with Gasteiger partial charge in [-0.05, 0) is 91.8 Å². The maximum atomic E-state index is 13.4. The number of aryl methyl sites for hydroxylation is 1. The highest BCUT2D eigenvalue weighted by Gasteiger charge is 2.30. The lowest BCUT2D eigenvalue weighted by Crippen LogP contribution is -2.10. The lowest BCUT2D eigenvalue weighted by atomic mass is 9.95. The lowest BCUT2D eigenvalue weighted by molar-refractivity contribution is -0.139. The van der Waals surface area contributed by atoms with Crippen LogP contribution in [0.15, 0.2) is 72.8 Å². The molecular weight excluding hydrogens is 495 g/mol. The summed E-state index contributed by atoms with van der Waals surface area (Å²) in [6, 6.07) is 17.4. The van der Waals surface area contributed by atoms with Crippen LogP contribution in [-0.2, 0) is 11.0 Å². The number of halogens is 3. The van der Waals surface area contributed by atoms with Crippen LogP contribution in [0.5, 0.6) is 11.5 Å². The van der Waals surface area contributed by atoms with E-state index in [1.165, 1.54) is 6.07 Å². The third-order valence-electron chi connectivity index (χ3n) is 5.36. The number of nitrogens with zero attached hydrogens (tertiary/aromatic N) is 1. The summed E-state index contributed by atoms with van der Waals surface area (Å²) in [4.78, 5) is 12.7. The van der Waals surface area contributed by atoms with Crippen molar-refractivity contribution in [2.75, 3.05) is 33.9 Å². The first-order valence-corrected chi connectivity index (χ1v) is 11.7. The second-order valence-electron chi connectivity index (χ2n) is 8.73. The van der Waals surface area contributed by atoms with E-state index in [0.717, 1.165) is 23.3 Å². The number of aliphatic carboxylic acids is 1. The average Bonchev–Trinajstić information content (AvgIpc) is 2.86. The molecule has 0 aliphatic heterocycles. The van der Waals surface area contributed by atoms with Crippen LogP contribution in [0.4, 0.5) is 13.2 Å². The van der Waals surface area contributed by atoms with Gasteiger partial charge in [0.15, 0.2) is 6.61 Å². The number of hydrogen-bond acceptors (Lipinski definition) is 4. The largest absolute Gasteiger partial charge is 0.489 e. The summed E-state index contributed by atoms with van der Waals surface area (Å²) >= 11 is 0. The molecule has 0 unspecified atom stereocenters. The fraction of sp³-hybridized carbons (Fsp3) is 0.233. The minimum atomic E-state index is -4.47. The number of rotatable bonds is 9. The number of ether oxygens (including phenoxy) is 2. The smallest absolute Gasteiger partial charge is 0.416 e. The molecule has 5 nitrogen and oxygen atoms in total. The van der Waals surface area contributed by atoms with Crippen molar-refractivity contribution in [3.8, 4) is 23.3 Å². The molecular formula is C30H28F3NO4. The Morgan fingerprint density at radius 3 is 2.37 bits per heavy atom. The van der Waals surface area contributed by atoms with Crippen molar-refractivity contribution in [3.05, 3.63) is 101 Å². The Kier molecular flexibility index (Phi) is 9.58. The first-order chi connectivity index (χ1) is 18.0. The van der Waals surface area contributed by atoms with Crippen LogP contribution in [-0.4, -0.2) is 49.8 Å². The Labute approximate surface area is 220 Å². The zero-order chi connectivity index (χ0) is 27.7. The molecule has 0 heterocycles. The van der Waals surface area contributed by atoms with Crippen molar-refractivity contribution in [2.24, 2.45) is 0 Å². The molecule has 38 heavy (non-hydrogen) atoms. The molecule has 0 aromatic heterocycles. The summed E-state index contributed by atoms with van der Waals surface area (Å²) in [5, 5.41) is 8.78. The SMILES string of the molecule is Cc1cc(OCC=C(c2ccc(C#CCN(C)C)cc2)c2cccc(C(F)(F)F)c2)ccc1OCC(=O)O. The van der Waals surface area contributed by atoms with Gasteiger partial charge in [-0.1, -0.05) is 36.1 Å². The van der Waals surface area contributed by atoms with Gasteiger partial charge in [-0.2, -0.15) is 13.2 Å². The second-order valence-corrected chi connectivity index (χ2v) is 8.73. The number of carbonyl (C=O) groups is 1. The van der Waals surface area contributed by atoms with Crippen molar-refractivity contribution < 1.29 is 32.5 Å². The quantitative estimate of drug-likeness (QED) is 0.354. The van der Waals surface area contributed by atoms with Gasteiger partial charge in [0.1, 0.15) is 18.1 Å². The lowest BCUT2D eigenvalue weighted by Gasteiger charge is -2.13. The van der Waals surface area contributed by atoms with Gasteiger partial charge in [0, 0.05) is 5.56 Å². The molecule has 3 rings (SSSR count). The molecule has 0 aliphatic rings. The van der Waals surface area contributed by atoms with Gasteiger partial charge in [0.25, 0.3) is 0 Å². The van der Waals surface area contributed by atoms with E-state index >= 15 is 0 Å². The number of hydrogen-bond donors (Lipinski definition) is 1. The minimum absolute atomic E-state index is 0.0880. The van der Waals surface area contributed by atoms with Gasteiger partial charge in [-0.15, -0.1) is 0 Å². The molecule has 0 saturated heterocycles. The average molecular weight is 524 g/mol. The zero-order valence-corrected chi connectivity index (χ0v) is 21.3. The van der Waals surface area contributed by atoms with Crippen LogP contribution in [0.2, 0.25) is 0 Å². The molecule has 3 aromatic rings. The summed E-state index contributed by atoms with van der Waals surface area (Å²) in [5.41, 5.74) is 2.47. The third kappa shape index (κ3) is 8.43. The van der Waals surface area contributed by atoms with Crippen LogP contribution in [0.25, 0.3) is 5.57 Å². The van der Waals surface area contributed by atoms with Crippen molar-refractivity contribution in [2.45, 2.75) is 13.1 Å². The number of benzene rings is 3. The molecule has 0 spiro atoms. The first kappa shape index (κ1) is 28.4. The van der Waals surface area contributed by atoms with Gasteiger partial charge in [0.2, 0.25) is 0 Å². The van der Waals surface area contributed by atoms with Crippen LogP contribution >= 0.6 is 0 Å². The highest BCUT2D eigenvalue weighted by Crippen LogP contribution is 2.33. The fourth-order valence-electron chi connectivity index (χ4n) is 3.53. The molecule has 0 aliphatic carbocycles. The maximum absolute atomic E-state index is 13.4. The van der Waals surface area contributed by atoms with E-state index in [1.807, 2.05) is 43.3 Å². The van der Waals surface area contributed by atoms with E-state index in [4.69, 9.17) is 14.6 Å². The number of carboxylic acid groups (broad SMARTS) is 1. The fourth-order valence-corrected chi connectivity index (χ4v) is 3.53. The molecule has 3 aromatic carbocycles. The molecule has 0 bridgehead atoms. The zero-order valence-electron chi connectivity index (χ0n) is 21.3. The van der Waals surface area contributed by atoms with Crippen molar-refractivity contribution in [3.63, 3.8) is 0 Å². The van der Waals surface area contributed by atoms with Crippen molar-refractivity contribution >= 4 is 11.5 Å². The third-order valence-corrected chi connectivity index (χ3v) is 5.36. The van der Waals surface area contributed by atoms with E-state index in [-0.39, 0.29) is 6.61 Å². The van der Waals surface area contributed by atoms with E-state index < -0.39 is 24.3 Å². The van der Waals surface area contributed by atoms with Gasteiger partial charge in [-0.25, -0.2) is 4.79 Å². The van der Waals surface area contributed by atoms with E-state index in [2.05, 4.69) is 11.8 Å². The predicted octanol–water partition coefficient (Wildman–Crippen LogP) is 5.90. The van der Waals surface area contributed by atoms with Crippen LogP contribution in [0.1, 0.15) is 27.8 Å². The second kappa shape index (κ2) is 12.8. The Bertz CT molecular complexity index is 1350.